The number of carbonyl (C=O) groups excluding carboxylic acids is 1. The van der Waals surface area contributed by atoms with Gasteiger partial charge in [0, 0.05) is 19.0 Å². The second-order valence-corrected chi connectivity index (χ2v) is 6.13. The number of piperidine rings is 1. The number of likely N-dealkylation sites (tertiary alicyclic amines) is 1. The minimum absolute atomic E-state index is 0.0779. The van der Waals surface area contributed by atoms with Crippen molar-refractivity contribution in [1.29, 1.82) is 0 Å². The summed E-state index contributed by atoms with van der Waals surface area (Å²) < 4.78 is 0. The molecule has 1 aromatic rings. The van der Waals surface area contributed by atoms with E-state index in [1.54, 1.807) is 4.90 Å². The Balaban J connectivity index is 2.05. The lowest BCUT2D eigenvalue weighted by Crippen LogP contribution is -2.49. The van der Waals surface area contributed by atoms with Crippen LogP contribution in [-0.2, 0) is 9.59 Å². The summed E-state index contributed by atoms with van der Waals surface area (Å²) in [6.45, 7) is 4.62. The van der Waals surface area contributed by atoms with Gasteiger partial charge < -0.3 is 10.0 Å². The zero-order valence-electron chi connectivity index (χ0n) is 13.4. The molecule has 1 N–H and O–H groups in total. The molecule has 2 rings (SSSR count). The first-order valence-corrected chi connectivity index (χ1v) is 8.11. The van der Waals surface area contributed by atoms with Gasteiger partial charge in [-0.3, -0.25) is 9.59 Å². The van der Waals surface area contributed by atoms with Gasteiger partial charge in [-0.1, -0.05) is 37.3 Å². The molecule has 1 amide bonds. The van der Waals surface area contributed by atoms with Gasteiger partial charge in [-0.25, -0.2) is 0 Å². The molecular weight excluding hydrogens is 278 g/mol. The zero-order valence-corrected chi connectivity index (χ0v) is 13.4. The Kier molecular flexibility index (Phi) is 5.58. The van der Waals surface area contributed by atoms with Gasteiger partial charge in [0.05, 0.1) is 5.92 Å². The van der Waals surface area contributed by atoms with Crippen molar-refractivity contribution < 1.29 is 14.7 Å². The summed E-state index contributed by atoms with van der Waals surface area (Å²) in [6, 6.07) is 9.86. The van der Waals surface area contributed by atoms with E-state index >= 15 is 0 Å². The minimum Gasteiger partial charge on any atom is -0.481 e. The van der Waals surface area contributed by atoms with E-state index in [2.05, 4.69) is 19.1 Å². The highest BCUT2D eigenvalue weighted by molar-refractivity contribution is 5.79. The smallest absolute Gasteiger partial charge is 0.308 e. The van der Waals surface area contributed by atoms with Crippen molar-refractivity contribution in [3.05, 3.63) is 35.9 Å². The summed E-state index contributed by atoms with van der Waals surface area (Å²) in [7, 11) is 0. The van der Waals surface area contributed by atoms with Crippen molar-refractivity contribution in [2.75, 3.05) is 6.54 Å². The molecule has 4 heteroatoms. The first-order valence-electron chi connectivity index (χ1n) is 8.11. The van der Waals surface area contributed by atoms with E-state index in [0.29, 0.717) is 19.4 Å². The summed E-state index contributed by atoms with van der Waals surface area (Å²) >= 11 is 0. The van der Waals surface area contributed by atoms with E-state index in [1.165, 1.54) is 5.56 Å². The van der Waals surface area contributed by atoms with Gasteiger partial charge in [0.15, 0.2) is 0 Å². The summed E-state index contributed by atoms with van der Waals surface area (Å²) in [5.74, 6) is -0.949. The topological polar surface area (TPSA) is 57.6 Å². The van der Waals surface area contributed by atoms with E-state index in [1.807, 2.05) is 25.1 Å². The molecule has 1 aromatic carbocycles. The minimum atomic E-state index is -0.792. The molecule has 0 aromatic heterocycles. The molecular formula is C18H25NO3. The number of carboxylic acids is 1. The standard InChI is InChI=1S/C18H25NO3/c1-3-14(15-8-5-4-6-9-15)12-17(20)19-11-7-10-16(13(19)2)18(21)22/h4-6,8-9,13-14,16H,3,7,10-12H2,1-2H3,(H,21,22)/t13-,14?,16-/m0/s1. The van der Waals surface area contributed by atoms with Gasteiger partial charge in [0.2, 0.25) is 5.91 Å². The number of aliphatic carboxylic acids is 1. The molecule has 1 aliphatic heterocycles. The summed E-state index contributed by atoms with van der Waals surface area (Å²) in [5.41, 5.74) is 1.18. The summed E-state index contributed by atoms with van der Waals surface area (Å²) in [6.07, 6.45) is 2.79. The van der Waals surface area contributed by atoms with Crippen molar-refractivity contribution >= 4 is 11.9 Å². The number of carbonyl (C=O) groups is 2. The van der Waals surface area contributed by atoms with Gasteiger partial charge >= 0.3 is 5.97 Å². The highest BCUT2D eigenvalue weighted by atomic mass is 16.4. The van der Waals surface area contributed by atoms with Crippen LogP contribution in [0.5, 0.6) is 0 Å². The number of amides is 1. The molecule has 1 saturated heterocycles. The van der Waals surface area contributed by atoms with Gasteiger partial charge in [-0.2, -0.15) is 0 Å². The maximum absolute atomic E-state index is 12.7. The molecule has 120 valence electrons. The molecule has 0 bridgehead atoms. The number of nitrogens with zero attached hydrogens (tertiary/aromatic N) is 1. The Bertz CT molecular complexity index is 514. The summed E-state index contributed by atoms with van der Waals surface area (Å²) in [4.78, 5) is 25.7. The third-order valence-electron chi connectivity index (χ3n) is 4.81. The highest BCUT2D eigenvalue weighted by Crippen LogP contribution is 2.28. The number of carboxylic acid groups (broad SMARTS) is 1. The number of hydrogen-bond donors (Lipinski definition) is 1. The van der Waals surface area contributed by atoms with Crippen LogP contribution in [0.25, 0.3) is 0 Å². The van der Waals surface area contributed by atoms with E-state index in [-0.39, 0.29) is 17.9 Å². The third kappa shape index (κ3) is 3.67. The fraction of sp³-hybridized carbons (Fsp3) is 0.556. The van der Waals surface area contributed by atoms with Crippen LogP contribution in [0.2, 0.25) is 0 Å². The van der Waals surface area contributed by atoms with Crippen LogP contribution in [0.4, 0.5) is 0 Å². The van der Waals surface area contributed by atoms with Crippen LogP contribution in [0.15, 0.2) is 30.3 Å². The van der Waals surface area contributed by atoms with Crippen LogP contribution in [-0.4, -0.2) is 34.5 Å². The maximum Gasteiger partial charge on any atom is 0.308 e. The Labute approximate surface area is 132 Å². The Morgan fingerprint density at radius 3 is 2.59 bits per heavy atom. The normalized spacial score (nSPS) is 23.1. The molecule has 0 spiro atoms. The molecule has 0 radical (unpaired) electrons. The van der Waals surface area contributed by atoms with Crippen LogP contribution >= 0.6 is 0 Å². The zero-order chi connectivity index (χ0) is 16.1. The average molecular weight is 303 g/mol. The predicted octanol–water partition coefficient (Wildman–Crippen LogP) is 3.28. The molecule has 1 fully saturated rings. The fourth-order valence-corrected chi connectivity index (χ4v) is 3.38. The van der Waals surface area contributed by atoms with Gasteiger partial charge in [0.25, 0.3) is 0 Å². The lowest BCUT2D eigenvalue weighted by molar-refractivity contribution is -0.149. The van der Waals surface area contributed by atoms with E-state index in [4.69, 9.17) is 0 Å². The van der Waals surface area contributed by atoms with Gasteiger partial charge in [-0.15, -0.1) is 0 Å². The number of benzene rings is 1. The lowest BCUT2D eigenvalue weighted by Gasteiger charge is -2.38. The van der Waals surface area contributed by atoms with Crippen LogP contribution in [0.1, 0.15) is 51.0 Å². The predicted molar refractivity (Wildman–Crippen MR) is 85.6 cm³/mol. The second-order valence-electron chi connectivity index (χ2n) is 6.13. The van der Waals surface area contributed by atoms with Crippen molar-refractivity contribution in [2.24, 2.45) is 5.92 Å². The quantitative estimate of drug-likeness (QED) is 0.908. The van der Waals surface area contributed by atoms with Crippen molar-refractivity contribution in [1.82, 2.24) is 4.90 Å². The Hall–Kier alpha value is -1.84. The summed E-state index contributed by atoms with van der Waals surface area (Å²) in [5, 5.41) is 9.28. The monoisotopic (exact) mass is 303 g/mol. The molecule has 22 heavy (non-hydrogen) atoms. The first-order chi connectivity index (χ1) is 10.5. The third-order valence-corrected chi connectivity index (χ3v) is 4.81. The van der Waals surface area contributed by atoms with Crippen LogP contribution in [0, 0.1) is 5.92 Å². The largest absolute Gasteiger partial charge is 0.481 e. The fourth-order valence-electron chi connectivity index (χ4n) is 3.38. The lowest BCUT2D eigenvalue weighted by atomic mass is 9.88. The van der Waals surface area contributed by atoms with E-state index in [0.717, 1.165) is 12.8 Å². The van der Waals surface area contributed by atoms with Gasteiger partial charge in [0.1, 0.15) is 0 Å². The average Bonchev–Trinajstić information content (AvgIpc) is 2.53. The van der Waals surface area contributed by atoms with E-state index < -0.39 is 11.9 Å². The highest BCUT2D eigenvalue weighted by Gasteiger charge is 2.35. The van der Waals surface area contributed by atoms with Crippen LogP contribution < -0.4 is 0 Å². The molecule has 0 aliphatic carbocycles. The van der Waals surface area contributed by atoms with E-state index in [9.17, 15) is 14.7 Å². The Morgan fingerprint density at radius 2 is 2.00 bits per heavy atom. The molecule has 1 unspecified atom stereocenters. The molecule has 4 nitrogen and oxygen atoms in total. The van der Waals surface area contributed by atoms with Gasteiger partial charge in [-0.05, 0) is 37.7 Å². The first kappa shape index (κ1) is 16.5. The molecule has 3 atom stereocenters. The van der Waals surface area contributed by atoms with Crippen molar-refractivity contribution in [3.8, 4) is 0 Å². The van der Waals surface area contributed by atoms with Crippen molar-refractivity contribution in [2.45, 2.75) is 51.5 Å². The number of rotatable bonds is 5. The SMILES string of the molecule is CCC(CC(=O)N1CCC[C@H](C(=O)O)[C@@H]1C)c1ccccc1. The Morgan fingerprint density at radius 1 is 1.32 bits per heavy atom. The second kappa shape index (κ2) is 7.43. The molecule has 1 aliphatic rings. The van der Waals surface area contributed by atoms with Crippen LogP contribution in [0.3, 0.4) is 0 Å². The van der Waals surface area contributed by atoms with Crippen molar-refractivity contribution in [3.63, 3.8) is 0 Å². The maximum atomic E-state index is 12.7. The molecule has 0 saturated carbocycles. The number of hydrogen-bond acceptors (Lipinski definition) is 2. The molecule has 1 heterocycles.